The van der Waals surface area contributed by atoms with Gasteiger partial charge in [-0.2, -0.15) is 0 Å². The predicted molar refractivity (Wildman–Crippen MR) is 215 cm³/mol. The number of hydrogen-bond donors (Lipinski definition) is 3. The quantitative estimate of drug-likeness (QED) is 0.107. The van der Waals surface area contributed by atoms with Gasteiger partial charge in [0.25, 0.3) is 5.91 Å². The number of carbonyl (C=O) groups excluding carboxylic acids is 3. The normalized spacial score (nSPS) is 18.9. The molecule has 0 spiro atoms. The molecule has 296 valence electrons. The summed E-state index contributed by atoms with van der Waals surface area (Å²) in [6.45, 7) is 21.8. The fourth-order valence-corrected chi connectivity index (χ4v) is 8.21. The van der Waals surface area contributed by atoms with Gasteiger partial charge in [-0.3, -0.25) is 14.4 Å². The van der Waals surface area contributed by atoms with E-state index in [1.807, 2.05) is 30.9 Å². The van der Waals surface area contributed by atoms with Gasteiger partial charge in [-0.1, -0.05) is 99.1 Å². The van der Waals surface area contributed by atoms with Crippen LogP contribution in [0.5, 0.6) is 0 Å². The van der Waals surface area contributed by atoms with Crippen molar-refractivity contribution >= 4 is 29.1 Å². The van der Waals surface area contributed by atoms with Gasteiger partial charge < -0.3 is 30.3 Å². The van der Waals surface area contributed by atoms with Crippen LogP contribution in [0.4, 0.5) is 0 Å². The van der Waals surface area contributed by atoms with Gasteiger partial charge in [-0.05, 0) is 61.6 Å². The average molecular weight is 754 g/mol. The highest BCUT2D eigenvalue weighted by Crippen LogP contribution is 2.37. The molecule has 8 atom stereocenters. The third-order valence-corrected chi connectivity index (χ3v) is 11.8. The number of nitrogens with zero attached hydrogens (tertiary/aromatic N) is 2. The average Bonchev–Trinajstić information content (AvgIpc) is 3.66. The third-order valence-electron chi connectivity index (χ3n) is 10.9. The smallest absolute Gasteiger partial charge is 0.270 e. The number of nitrogens with one attached hydrogen (secondary N) is 3. The summed E-state index contributed by atoms with van der Waals surface area (Å²) in [5.74, 6) is 0.412. The molecule has 0 fully saturated rings. The van der Waals surface area contributed by atoms with Crippen LogP contribution < -0.4 is 16.0 Å². The second kappa shape index (κ2) is 21.6. The van der Waals surface area contributed by atoms with Crippen molar-refractivity contribution in [2.75, 3.05) is 27.3 Å². The number of hydrogen-bond acceptors (Lipinski definition) is 8. The lowest BCUT2D eigenvalue weighted by molar-refractivity contribution is -0.142. The summed E-state index contributed by atoms with van der Waals surface area (Å²) >= 11 is 1.42. The molecule has 0 radical (unpaired) electrons. The molecule has 0 saturated heterocycles. The molecule has 8 unspecified atom stereocenters. The fraction of sp³-hybridized carbons (Fsp3) is 0.667. The number of amides is 3. The number of ether oxygens (including phenoxy) is 2. The summed E-state index contributed by atoms with van der Waals surface area (Å²) in [5, 5.41) is 12.1. The fourth-order valence-electron chi connectivity index (χ4n) is 7.35. The molecule has 1 aromatic heterocycles. The molecule has 11 heteroatoms. The van der Waals surface area contributed by atoms with Crippen LogP contribution in [0.15, 0.2) is 42.0 Å². The summed E-state index contributed by atoms with van der Waals surface area (Å²) in [5.41, 5.74) is 2.73. The van der Waals surface area contributed by atoms with E-state index in [1.54, 1.807) is 19.5 Å². The van der Waals surface area contributed by atoms with Crippen molar-refractivity contribution in [2.45, 2.75) is 137 Å². The van der Waals surface area contributed by atoms with E-state index in [9.17, 15) is 14.4 Å². The first-order valence-corrected chi connectivity index (χ1v) is 20.7. The van der Waals surface area contributed by atoms with Crippen LogP contribution >= 0.6 is 11.3 Å². The lowest BCUT2D eigenvalue weighted by Gasteiger charge is -2.39. The predicted octanol–water partition coefficient (Wildman–Crippen LogP) is 7.42. The number of fused-ring (bicyclic) bond motifs is 1. The highest BCUT2D eigenvalue weighted by Gasteiger charge is 2.38. The maximum atomic E-state index is 14.6. The van der Waals surface area contributed by atoms with Crippen LogP contribution in [0.1, 0.15) is 133 Å². The molecule has 0 bridgehead atoms. The first-order chi connectivity index (χ1) is 25.3. The van der Waals surface area contributed by atoms with Gasteiger partial charge in [0.15, 0.2) is 0 Å². The Labute approximate surface area is 323 Å². The van der Waals surface area contributed by atoms with Gasteiger partial charge in [0, 0.05) is 43.0 Å². The van der Waals surface area contributed by atoms with Crippen LogP contribution in [0.25, 0.3) is 0 Å². The van der Waals surface area contributed by atoms with E-state index in [0.717, 1.165) is 37.1 Å². The number of allylic oxidation sites excluding steroid dienone is 1. The molecule has 2 aromatic rings. The van der Waals surface area contributed by atoms with Crippen LogP contribution in [0.3, 0.4) is 0 Å². The summed E-state index contributed by atoms with van der Waals surface area (Å²) < 4.78 is 12.0. The zero-order chi connectivity index (χ0) is 39.2. The van der Waals surface area contributed by atoms with Crippen LogP contribution in [0, 0.1) is 17.8 Å². The van der Waals surface area contributed by atoms with Crippen LogP contribution in [-0.4, -0.2) is 79.1 Å². The molecule has 3 N–H and O–H groups in total. The molecule has 3 rings (SSSR count). The monoisotopic (exact) mass is 753 g/mol. The summed E-state index contributed by atoms with van der Waals surface area (Å²) in [7, 11) is 3.43. The highest BCUT2D eigenvalue weighted by atomic mass is 32.1. The first kappa shape index (κ1) is 44.1. The van der Waals surface area contributed by atoms with Crippen LogP contribution in [-0.2, 0) is 25.5 Å². The van der Waals surface area contributed by atoms with E-state index in [4.69, 9.17) is 14.5 Å². The Balaban J connectivity index is 1.86. The summed E-state index contributed by atoms with van der Waals surface area (Å²) in [4.78, 5) is 48.7. The zero-order valence-electron chi connectivity index (χ0n) is 34.0. The minimum Gasteiger partial charge on any atom is -0.501 e. The van der Waals surface area contributed by atoms with E-state index < -0.39 is 12.1 Å². The number of benzene rings is 1. The highest BCUT2D eigenvalue weighted by molar-refractivity contribution is 7.09. The molecule has 53 heavy (non-hydrogen) atoms. The van der Waals surface area contributed by atoms with Crippen molar-refractivity contribution in [1.82, 2.24) is 25.8 Å². The lowest BCUT2D eigenvalue weighted by atomic mass is 9.79. The number of methoxy groups -OCH3 is 1. The van der Waals surface area contributed by atoms with Crippen molar-refractivity contribution in [2.24, 2.45) is 17.8 Å². The van der Waals surface area contributed by atoms with Crippen molar-refractivity contribution in [3.8, 4) is 0 Å². The molecule has 0 saturated carbocycles. The van der Waals surface area contributed by atoms with E-state index in [-0.39, 0.29) is 59.5 Å². The van der Waals surface area contributed by atoms with Gasteiger partial charge in [-0.25, -0.2) is 4.98 Å². The molecule has 1 aliphatic carbocycles. The Morgan fingerprint density at radius 2 is 1.70 bits per heavy atom. The van der Waals surface area contributed by atoms with Gasteiger partial charge in [-0.15, -0.1) is 11.3 Å². The number of aromatic nitrogens is 1. The minimum absolute atomic E-state index is 0.00677. The number of thiazole rings is 1. The van der Waals surface area contributed by atoms with Gasteiger partial charge in [0.2, 0.25) is 11.8 Å². The van der Waals surface area contributed by atoms with Gasteiger partial charge in [0.05, 0.1) is 18.9 Å². The molecule has 1 aromatic carbocycles. The third kappa shape index (κ3) is 11.6. The van der Waals surface area contributed by atoms with Gasteiger partial charge in [0.1, 0.15) is 22.8 Å². The number of likely N-dealkylation sites (N-methyl/N-ethyl adjacent to an activating group) is 1. The van der Waals surface area contributed by atoms with Crippen LogP contribution in [0.2, 0.25) is 0 Å². The largest absolute Gasteiger partial charge is 0.501 e. The maximum Gasteiger partial charge on any atom is 0.270 e. The first-order valence-electron chi connectivity index (χ1n) is 19.8. The Kier molecular flexibility index (Phi) is 18.0. The van der Waals surface area contributed by atoms with Crippen molar-refractivity contribution in [3.05, 3.63) is 63.8 Å². The van der Waals surface area contributed by atoms with Crippen molar-refractivity contribution in [1.29, 1.82) is 0 Å². The van der Waals surface area contributed by atoms with E-state index in [2.05, 4.69) is 76.2 Å². The lowest BCUT2D eigenvalue weighted by Crippen LogP contribution is -2.59. The minimum atomic E-state index is -0.655. The summed E-state index contributed by atoms with van der Waals surface area (Å²) in [6.07, 6.45) is 4.71. The molecule has 10 nitrogen and oxygen atoms in total. The van der Waals surface area contributed by atoms with Crippen molar-refractivity contribution in [3.63, 3.8) is 0 Å². The molecule has 1 aliphatic rings. The Morgan fingerprint density at radius 3 is 2.30 bits per heavy atom. The molecule has 0 aliphatic heterocycles. The summed E-state index contributed by atoms with van der Waals surface area (Å²) in [6, 6.07) is 6.93. The zero-order valence-corrected chi connectivity index (χ0v) is 34.8. The topological polar surface area (TPSA) is 122 Å². The Hall–Kier alpha value is -3.28. The SMILES string of the molecule is C=C(OC)C1CC(NC(=O)c2csc(C(CC(C(C)C)N(CCC)C(=O)C(NC(=O)C(NC)C(C)CC)C(C)CC)OCCC)n2)Cc2ccccc21. The Bertz CT molecular complexity index is 1480. The molecular weight excluding hydrogens is 687 g/mol. The number of carbonyl (C=O) groups is 3. The molecular formula is C42H67N5O5S. The molecule has 1 heterocycles. The standard InChI is InChI=1S/C42H67N5O5S/c1-12-20-47(42(50)38(28(8)15-4)46-40(49)37(43-10)27(7)14-3)35(26(5)6)24-36(52-21-13-2)41-45-34(25-53-41)39(48)44-31-22-30-18-16-17-19-32(30)33(23-31)29(9)51-11/h16-19,25-28,31,33,35-38,43H,9,12-15,20-24H2,1-8,10-11H3,(H,44,48)(H,46,49). The Morgan fingerprint density at radius 1 is 1.02 bits per heavy atom. The maximum absolute atomic E-state index is 14.6. The van der Waals surface area contributed by atoms with E-state index in [1.165, 1.54) is 22.5 Å². The van der Waals surface area contributed by atoms with E-state index in [0.29, 0.717) is 37.4 Å². The van der Waals surface area contributed by atoms with Gasteiger partial charge >= 0.3 is 0 Å². The van der Waals surface area contributed by atoms with E-state index >= 15 is 0 Å². The second-order valence-electron chi connectivity index (χ2n) is 15.1. The molecule has 3 amide bonds. The number of rotatable bonds is 22. The second-order valence-corrected chi connectivity index (χ2v) is 16.0. The van der Waals surface area contributed by atoms with Crippen molar-refractivity contribution < 1.29 is 23.9 Å².